The number of imide groups is 1. The summed E-state index contributed by atoms with van der Waals surface area (Å²) in [6.45, 7) is 1.83. The second kappa shape index (κ2) is 9.03. The molecule has 0 aromatic heterocycles. The van der Waals surface area contributed by atoms with Gasteiger partial charge in [0, 0.05) is 6.54 Å². The van der Waals surface area contributed by atoms with Crippen molar-refractivity contribution in [3.63, 3.8) is 0 Å². The van der Waals surface area contributed by atoms with Gasteiger partial charge in [0.1, 0.15) is 5.54 Å². The van der Waals surface area contributed by atoms with Crippen LogP contribution >= 0.6 is 0 Å². The van der Waals surface area contributed by atoms with Crippen molar-refractivity contribution in [1.29, 1.82) is 0 Å². The fourth-order valence-corrected chi connectivity index (χ4v) is 4.36. The zero-order chi connectivity index (χ0) is 23.6. The fraction of sp³-hybridized carbons (Fsp3) is 0.333. The van der Waals surface area contributed by atoms with E-state index in [0.29, 0.717) is 25.8 Å². The van der Waals surface area contributed by atoms with Crippen molar-refractivity contribution >= 4 is 23.8 Å². The van der Waals surface area contributed by atoms with Gasteiger partial charge in [-0.05, 0) is 42.9 Å². The van der Waals surface area contributed by atoms with Crippen LogP contribution in [0, 0.1) is 0 Å². The molecule has 2 aromatic rings. The van der Waals surface area contributed by atoms with Gasteiger partial charge in [0.15, 0.2) is 0 Å². The molecular weight excluding hydrogens is 422 g/mol. The molecule has 4 rings (SSSR count). The summed E-state index contributed by atoms with van der Waals surface area (Å²) in [6, 6.07) is 16.0. The lowest BCUT2D eigenvalue weighted by molar-refractivity contribution is -0.140. The number of aryl methyl sites for hydroxylation is 1. The summed E-state index contributed by atoms with van der Waals surface area (Å²) in [5.41, 5.74) is 9.92. The third-order valence-corrected chi connectivity index (χ3v) is 6.28. The van der Waals surface area contributed by atoms with Gasteiger partial charge >= 0.3 is 6.03 Å². The highest BCUT2D eigenvalue weighted by Gasteiger charge is 2.48. The number of nitrogens with two attached hydrogens (primary N) is 1. The summed E-state index contributed by atoms with van der Waals surface area (Å²) in [7, 11) is 0. The molecule has 2 aliphatic rings. The average Bonchev–Trinajstić information content (AvgIpc) is 3.01. The highest BCUT2D eigenvalue weighted by atomic mass is 16.2. The standard InChI is InChI=1S/C24H27N5O4/c1-24(12-11-16-7-3-2-4-8-16)22(32)29(23(33)26-24)27-20(30)15-28-14-18-10-6-5-9-17(18)13-19(28)21(25)31/h2-10,19H,11-15H2,1H3,(H2,25,31)(H,26,33)(H,27,30)/t19-,24?/m0/s1. The summed E-state index contributed by atoms with van der Waals surface area (Å²) in [6.07, 6.45) is 1.39. The summed E-state index contributed by atoms with van der Waals surface area (Å²) in [5.74, 6) is -1.62. The normalized spacial score (nSPS) is 22.6. The number of urea groups is 1. The van der Waals surface area contributed by atoms with Crippen LogP contribution in [-0.4, -0.2) is 51.8 Å². The molecule has 4 N–H and O–H groups in total. The SMILES string of the molecule is CC1(CCc2ccccc2)NC(=O)N(NC(=O)CN2Cc3ccccc3C[C@H]2C(N)=O)C1=O. The quantitative estimate of drug-likeness (QED) is 0.541. The van der Waals surface area contributed by atoms with Crippen LogP contribution in [0.3, 0.4) is 0 Å². The molecule has 2 heterocycles. The summed E-state index contributed by atoms with van der Waals surface area (Å²) >= 11 is 0. The Bertz CT molecular complexity index is 1090. The number of hydrogen-bond acceptors (Lipinski definition) is 5. The first kappa shape index (κ1) is 22.5. The van der Waals surface area contributed by atoms with E-state index in [0.717, 1.165) is 21.7 Å². The number of primary amides is 1. The molecule has 9 nitrogen and oxygen atoms in total. The van der Waals surface area contributed by atoms with E-state index >= 15 is 0 Å². The van der Waals surface area contributed by atoms with E-state index in [1.54, 1.807) is 11.8 Å². The predicted molar refractivity (Wildman–Crippen MR) is 120 cm³/mol. The van der Waals surface area contributed by atoms with Gasteiger partial charge in [-0.3, -0.25) is 24.7 Å². The summed E-state index contributed by atoms with van der Waals surface area (Å²) in [4.78, 5) is 51.8. The maximum absolute atomic E-state index is 13.0. The van der Waals surface area contributed by atoms with E-state index < -0.39 is 35.3 Å². The van der Waals surface area contributed by atoms with E-state index in [1.807, 2.05) is 54.6 Å². The number of hydrazine groups is 1. The minimum Gasteiger partial charge on any atom is -0.368 e. The highest BCUT2D eigenvalue weighted by molar-refractivity contribution is 6.07. The highest BCUT2D eigenvalue weighted by Crippen LogP contribution is 2.24. The first-order valence-corrected chi connectivity index (χ1v) is 10.9. The van der Waals surface area contributed by atoms with Crippen LogP contribution in [0.15, 0.2) is 54.6 Å². The molecule has 1 saturated heterocycles. The van der Waals surface area contributed by atoms with Gasteiger partial charge < -0.3 is 11.1 Å². The Balaban J connectivity index is 1.40. The average molecular weight is 450 g/mol. The predicted octanol–water partition coefficient (Wildman–Crippen LogP) is 0.873. The van der Waals surface area contributed by atoms with E-state index in [9.17, 15) is 19.2 Å². The third-order valence-electron chi connectivity index (χ3n) is 6.28. The summed E-state index contributed by atoms with van der Waals surface area (Å²) < 4.78 is 0. The number of amides is 5. The molecule has 1 unspecified atom stereocenters. The second-order valence-corrected chi connectivity index (χ2v) is 8.72. The first-order chi connectivity index (χ1) is 15.8. The molecule has 2 aliphatic heterocycles. The largest absolute Gasteiger partial charge is 0.368 e. The zero-order valence-electron chi connectivity index (χ0n) is 18.4. The first-order valence-electron chi connectivity index (χ1n) is 10.9. The minimum atomic E-state index is -1.12. The molecule has 9 heteroatoms. The van der Waals surface area contributed by atoms with Gasteiger partial charge in [-0.25, -0.2) is 4.79 Å². The minimum absolute atomic E-state index is 0.181. The number of nitrogens with one attached hydrogen (secondary N) is 2. The number of fused-ring (bicyclic) bond motifs is 1. The Morgan fingerprint density at radius 2 is 1.76 bits per heavy atom. The van der Waals surface area contributed by atoms with E-state index in [2.05, 4.69) is 10.7 Å². The van der Waals surface area contributed by atoms with Crippen LogP contribution in [0.4, 0.5) is 4.79 Å². The number of hydrogen-bond donors (Lipinski definition) is 3. The van der Waals surface area contributed by atoms with Crippen molar-refractivity contribution in [2.45, 2.75) is 44.3 Å². The van der Waals surface area contributed by atoms with Crippen molar-refractivity contribution < 1.29 is 19.2 Å². The Morgan fingerprint density at radius 3 is 2.45 bits per heavy atom. The number of rotatable bonds is 7. The van der Waals surface area contributed by atoms with Crippen molar-refractivity contribution in [2.75, 3.05) is 6.54 Å². The van der Waals surface area contributed by atoms with Crippen molar-refractivity contribution in [1.82, 2.24) is 20.7 Å². The van der Waals surface area contributed by atoms with Crippen LogP contribution in [0.2, 0.25) is 0 Å². The number of carbonyl (C=O) groups is 4. The van der Waals surface area contributed by atoms with Crippen LogP contribution in [-0.2, 0) is 33.8 Å². The lowest BCUT2D eigenvalue weighted by Gasteiger charge is -2.34. The fourth-order valence-electron chi connectivity index (χ4n) is 4.36. The maximum atomic E-state index is 13.0. The molecule has 2 aromatic carbocycles. The summed E-state index contributed by atoms with van der Waals surface area (Å²) in [5, 5.41) is 3.41. The Kier molecular flexibility index (Phi) is 6.15. The Morgan fingerprint density at radius 1 is 1.09 bits per heavy atom. The van der Waals surface area contributed by atoms with Gasteiger partial charge in [0.25, 0.3) is 11.8 Å². The topological polar surface area (TPSA) is 125 Å². The number of nitrogens with zero attached hydrogens (tertiary/aromatic N) is 2. The van der Waals surface area contributed by atoms with E-state index in [-0.39, 0.29) is 6.54 Å². The van der Waals surface area contributed by atoms with Gasteiger partial charge in [-0.1, -0.05) is 54.6 Å². The Hall–Kier alpha value is -3.72. The van der Waals surface area contributed by atoms with Gasteiger partial charge in [0.05, 0.1) is 12.6 Å². The van der Waals surface area contributed by atoms with Crippen LogP contribution < -0.4 is 16.5 Å². The molecular formula is C24H27N5O4. The molecule has 2 atom stereocenters. The third kappa shape index (κ3) is 4.73. The number of carbonyl (C=O) groups excluding carboxylic acids is 4. The monoisotopic (exact) mass is 449 g/mol. The lowest BCUT2D eigenvalue weighted by Crippen LogP contribution is -2.55. The molecule has 0 radical (unpaired) electrons. The molecule has 0 aliphatic carbocycles. The van der Waals surface area contributed by atoms with Crippen LogP contribution in [0.5, 0.6) is 0 Å². The zero-order valence-corrected chi connectivity index (χ0v) is 18.4. The van der Waals surface area contributed by atoms with E-state index in [1.165, 1.54) is 0 Å². The molecule has 172 valence electrons. The van der Waals surface area contributed by atoms with E-state index in [4.69, 9.17) is 5.73 Å². The van der Waals surface area contributed by atoms with Crippen LogP contribution in [0.25, 0.3) is 0 Å². The molecule has 5 amide bonds. The maximum Gasteiger partial charge on any atom is 0.344 e. The Labute approximate surface area is 191 Å². The van der Waals surface area contributed by atoms with Gasteiger partial charge in [0.2, 0.25) is 5.91 Å². The molecule has 0 bridgehead atoms. The van der Waals surface area contributed by atoms with Gasteiger partial charge in [-0.2, -0.15) is 5.01 Å². The molecule has 33 heavy (non-hydrogen) atoms. The molecule has 0 saturated carbocycles. The second-order valence-electron chi connectivity index (χ2n) is 8.72. The van der Waals surface area contributed by atoms with Crippen molar-refractivity contribution in [2.24, 2.45) is 5.73 Å². The molecule has 0 spiro atoms. The number of benzene rings is 2. The van der Waals surface area contributed by atoms with Crippen molar-refractivity contribution in [3.05, 3.63) is 71.3 Å². The smallest absolute Gasteiger partial charge is 0.344 e. The van der Waals surface area contributed by atoms with Crippen LogP contribution in [0.1, 0.15) is 30.0 Å². The van der Waals surface area contributed by atoms with Gasteiger partial charge in [-0.15, -0.1) is 0 Å². The molecule has 1 fully saturated rings. The van der Waals surface area contributed by atoms with Crippen molar-refractivity contribution in [3.8, 4) is 0 Å². The lowest BCUT2D eigenvalue weighted by atomic mass is 9.93.